The summed E-state index contributed by atoms with van der Waals surface area (Å²) in [6.45, 7) is 8.96. The van der Waals surface area contributed by atoms with E-state index >= 15 is 0 Å². The van der Waals surface area contributed by atoms with Gasteiger partial charge in [0, 0.05) is 15.6 Å². The molecule has 0 saturated carbocycles. The van der Waals surface area contributed by atoms with Crippen molar-refractivity contribution >= 4 is 34.8 Å². The Labute approximate surface area is 134 Å². The van der Waals surface area contributed by atoms with E-state index in [1.807, 2.05) is 6.92 Å². The lowest BCUT2D eigenvalue weighted by molar-refractivity contribution is 0.325. The Morgan fingerprint density at radius 2 is 1.52 bits per heavy atom. The topological polar surface area (TPSA) is 37.4 Å². The van der Waals surface area contributed by atoms with E-state index in [0.717, 1.165) is 5.56 Å². The molecule has 0 unspecified atom stereocenters. The van der Waals surface area contributed by atoms with Crippen molar-refractivity contribution in [2.24, 2.45) is 0 Å². The number of benzene rings is 2. The average Bonchev–Trinajstić information content (AvgIpc) is 2.50. The van der Waals surface area contributed by atoms with Gasteiger partial charge in [-0.1, -0.05) is 47.5 Å². The van der Waals surface area contributed by atoms with Crippen LogP contribution in [0.3, 0.4) is 0 Å². The molecule has 0 saturated heterocycles. The number of hydrogen-bond acceptors (Lipinski definition) is 2. The molecule has 0 aromatic heterocycles. The molecule has 5 heteroatoms. The molecule has 0 aliphatic heterocycles. The Hall–Kier alpha value is -2.02. The van der Waals surface area contributed by atoms with Crippen molar-refractivity contribution in [2.45, 2.75) is 6.92 Å². The summed E-state index contributed by atoms with van der Waals surface area (Å²) >= 11 is 11.2. The van der Waals surface area contributed by atoms with Crippen molar-refractivity contribution < 1.29 is 4.74 Å². The van der Waals surface area contributed by atoms with E-state index in [4.69, 9.17) is 39.9 Å². The monoisotopic (exact) mass is 320 g/mol. The largest absolute Gasteiger partial charge is 0.478 e. The van der Waals surface area contributed by atoms with Gasteiger partial charge in [-0.3, -0.25) is 5.41 Å². The lowest BCUT2D eigenvalue weighted by atomic mass is 10.2. The number of rotatable bonds is 2. The summed E-state index contributed by atoms with van der Waals surface area (Å²) in [7, 11) is 0. The van der Waals surface area contributed by atoms with E-state index in [0.29, 0.717) is 22.3 Å². The molecule has 0 bridgehead atoms. The van der Waals surface area contributed by atoms with Gasteiger partial charge in [-0.05, 0) is 31.2 Å². The molecular formula is C16H14Cl2N2O. The molecular weight excluding hydrogens is 307 g/mol. The van der Waals surface area contributed by atoms with Gasteiger partial charge in [-0.15, -0.1) is 0 Å². The Morgan fingerprint density at radius 1 is 1.05 bits per heavy atom. The zero-order valence-electron chi connectivity index (χ0n) is 11.4. The second-order valence-corrected chi connectivity index (χ2v) is 4.73. The second-order valence-electron chi connectivity index (χ2n) is 3.86. The zero-order chi connectivity index (χ0) is 15.7. The van der Waals surface area contributed by atoms with Crippen LogP contribution >= 0.6 is 23.2 Å². The van der Waals surface area contributed by atoms with E-state index in [1.54, 1.807) is 48.5 Å². The first-order valence-corrected chi connectivity index (χ1v) is 6.92. The third-order valence-corrected chi connectivity index (χ3v) is 2.85. The molecule has 0 aliphatic rings. The molecule has 2 aromatic carbocycles. The van der Waals surface area contributed by atoms with Gasteiger partial charge in [0.15, 0.2) is 5.69 Å². The molecule has 1 N–H and O–H groups in total. The maximum absolute atomic E-state index is 7.43. The number of hydrogen-bond donors (Lipinski definition) is 1. The van der Waals surface area contributed by atoms with Gasteiger partial charge >= 0.3 is 0 Å². The maximum atomic E-state index is 7.43. The Morgan fingerprint density at radius 3 is 1.95 bits per heavy atom. The molecule has 0 aliphatic carbocycles. The molecule has 2 aromatic rings. The minimum absolute atomic E-state index is 0.189. The SMILES string of the molecule is CCOC(=N)c1ccc(Cl)cc1.[C-]#[N+]c1ccc(Cl)cc1. The van der Waals surface area contributed by atoms with Crippen LogP contribution < -0.4 is 0 Å². The van der Waals surface area contributed by atoms with Crippen molar-refractivity contribution in [1.82, 2.24) is 0 Å². The minimum Gasteiger partial charge on any atom is -0.478 e. The first-order valence-electron chi connectivity index (χ1n) is 6.17. The van der Waals surface area contributed by atoms with Gasteiger partial charge < -0.3 is 4.74 Å². The highest BCUT2D eigenvalue weighted by Gasteiger charge is 1.99. The molecule has 0 spiro atoms. The zero-order valence-corrected chi connectivity index (χ0v) is 12.9. The molecule has 0 heterocycles. The van der Waals surface area contributed by atoms with E-state index in [2.05, 4.69) is 4.85 Å². The van der Waals surface area contributed by atoms with Crippen molar-refractivity contribution in [1.29, 1.82) is 5.41 Å². The van der Waals surface area contributed by atoms with Crippen LogP contribution in [0.2, 0.25) is 10.0 Å². The normalized spacial score (nSPS) is 9.05. The van der Waals surface area contributed by atoms with E-state index < -0.39 is 0 Å². The molecule has 0 amide bonds. The van der Waals surface area contributed by atoms with E-state index in [-0.39, 0.29) is 5.90 Å². The van der Waals surface area contributed by atoms with Crippen molar-refractivity contribution in [3.63, 3.8) is 0 Å². The fourth-order valence-corrected chi connectivity index (χ4v) is 1.60. The van der Waals surface area contributed by atoms with Crippen LogP contribution in [-0.4, -0.2) is 12.5 Å². The van der Waals surface area contributed by atoms with Crippen LogP contribution in [0.1, 0.15) is 12.5 Å². The minimum atomic E-state index is 0.189. The summed E-state index contributed by atoms with van der Waals surface area (Å²) < 4.78 is 5.01. The standard InChI is InChI=1S/C9H10ClNO.C7H4ClN/c1-2-12-9(11)7-3-5-8(10)6-4-7;1-9-7-4-2-6(8)3-5-7/h3-6,11H,2H2,1H3;2-5H. The highest BCUT2D eigenvalue weighted by atomic mass is 35.5. The van der Waals surface area contributed by atoms with Crippen molar-refractivity contribution in [3.05, 3.63) is 75.6 Å². The predicted octanol–water partition coefficient (Wildman–Crippen LogP) is 5.59. The molecule has 0 fully saturated rings. The second kappa shape index (κ2) is 9.02. The fourth-order valence-electron chi connectivity index (χ4n) is 1.34. The molecule has 0 atom stereocenters. The Bertz CT molecular complexity index is 616. The summed E-state index contributed by atoms with van der Waals surface area (Å²) in [5, 5.41) is 8.77. The summed E-state index contributed by atoms with van der Waals surface area (Å²) in [6, 6.07) is 13.8. The lowest BCUT2D eigenvalue weighted by Gasteiger charge is -2.03. The van der Waals surface area contributed by atoms with E-state index in [1.165, 1.54) is 0 Å². The fraction of sp³-hybridized carbons (Fsp3) is 0.125. The van der Waals surface area contributed by atoms with Crippen LogP contribution in [0.4, 0.5) is 5.69 Å². The van der Waals surface area contributed by atoms with Crippen LogP contribution in [0.15, 0.2) is 48.5 Å². The highest BCUT2D eigenvalue weighted by molar-refractivity contribution is 6.30. The van der Waals surface area contributed by atoms with Gasteiger partial charge in [0.2, 0.25) is 5.90 Å². The highest BCUT2D eigenvalue weighted by Crippen LogP contribution is 2.15. The van der Waals surface area contributed by atoms with Gasteiger partial charge in [-0.2, -0.15) is 0 Å². The lowest BCUT2D eigenvalue weighted by Crippen LogP contribution is -2.03. The third-order valence-electron chi connectivity index (χ3n) is 2.35. The number of halogens is 2. The number of ether oxygens (including phenoxy) is 1. The molecule has 108 valence electrons. The summed E-state index contributed by atoms with van der Waals surface area (Å²) in [5.41, 5.74) is 1.38. The molecule has 21 heavy (non-hydrogen) atoms. The number of nitrogens with zero attached hydrogens (tertiary/aromatic N) is 1. The van der Waals surface area contributed by atoms with E-state index in [9.17, 15) is 0 Å². The molecule has 0 radical (unpaired) electrons. The quantitative estimate of drug-likeness (QED) is 0.437. The molecule has 2 rings (SSSR count). The molecule has 3 nitrogen and oxygen atoms in total. The van der Waals surface area contributed by atoms with Crippen LogP contribution in [0.5, 0.6) is 0 Å². The first-order chi connectivity index (χ1) is 10.1. The summed E-state index contributed by atoms with van der Waals surface area (Å²) in [6.07, 6.45) is 0. The van der Waals surface area contributed by atoms with Gasteiger partial charge in [-0.25, -0.2) is 4.85 Å². The van der Waals surface area contributed by atoms with Gasteiger partial charge in [0.1, 0.15) is 0 Å². The van der Waals surface area contributed by atoms with Crippen molar-refractivity contribution in [2.75, 3.05) is 6.61 Å². The third kappa shape index (κ3) is 6.31. The van der Waals surface area contributed by atoms with Crippen LogP contribution in [0, 0.1) is 12.0 Å². The number of nitrogens with one attached hydrogen (secondary N) is 1. The van der Waals surface area contributed by atoms with Crippen LogP contribution in [0.25, 0.3) is 4.85 Å². The van der Waals surface area contributed by atoms with Crippen LogP contribution in [-0.2, 0) is 4.74 Å². The Kier molecular flexibility index (Phi) is 7.31. The van der Waals surface area contributed by atoms with Gasteiger partial charge in [0.25, 0.3) is 0 Å². The van der Waals surface area contributed by atoms with Crippen molar-refractivity contribution in [3.8, 4) is 0 Å². The Balaban J connectivity index is 0.000000219. The first kappa shape index (κ1) is 17.0. The van der Waals surface area contributed by atoms with Gasteiger partial charge in [0.05, 0.1) is 13.2 Å². The average molecular weight is 321 g/mol. The summed E-state index contributed by atoms with van der Waals surface area (Å²) in [4.78, 5) is 3.20. The maximum Gasteiger partial charge on any atom is 0.213 e. The summed E-state index contributed by atoms with van der Waals surface area (Å²) in [5.74, 6) is 0.189. The smallest absolute Gasteiger partial charge is 0.213 e. The predicted molar refractivity (Wildman–Crippen MR) is 87.6 cm³/mol.